The smallest absolute Gasteiger partial charge is 0.550 e. The molecule has 0 spiro atoms. The van der Waals surface area contributed by atoms with Gasteiger partial charge in [0.05, 0.1) is 0 Å². The van der Waals surface area contributed by atoms with Gasteiger partial charge in [-0.15, -0.1) is 0 Å². The van der Waals surface area contributed by atoms with Gasteiger partial charge < -0.3 is 39.6 Å². The summed E-state index contributed by atoms with van der Waals surface area (Å²) in [5, 5.41) is 37.1. The molecule has 9 heteroatoms. The number of aliphatic carboxylic acids is 4. The van der Waals surface area contributed by atoms with Crippen LogP contribution in [-0.4, -0.2) is 23.9 Å². The van der Waals surface area contributed by atoms with Crippen molar-refractivity contribution >= 4 is 23.9 Å². The van der Waals surface area contributed by atoms with E-state index in [1.54, 1.807) is 0 Å². The molecule has 0 heterocycles. The quantitative estimate of drug-likeness (QED) is 0.463. The first-order valence-electron chi connectivity index (χ1n) is 3.05. The third kappa shape index (κ3) is 32.3. The largest absolute Gasteiger partial charge is 4.00 e. The molecule has 0 aliphatic carbocycles. The standard InChI is InChI=1S/2C3H4O4.Zr/c2*4-2(5)1-3(6)7;/h2*1H2,(H,4,5)(H,6,7);/q;;+4/p-4. The summed E-state index contributed by atoms with van der Waals surface area (Å²) in [6.45, 7) is 0. The molecule has 80 valence electrons. The molecule has 0 saturated carbocycles. The molecular formula is C6H4O8Zr. The summed E-state index contributed by atoms with van der Waals surface area (Å²) in [6.07, 6.45) is -2.06. The van der Waals surface area contributed by atoms with Crippen molar-refractivity contribution in [3.63, 3.8) is 0 Å². The average Bonchev–Trinajstić information content (AvgIpc) is 1.79. The van der Waals surface area contributed by atoms with Crippen molar-refractivity contribution in [2.75, 3.05) is 0 Å². The fraction of sp³-hybridized carbons (Fsp3) is 0.333. The van der Waals surface area contributed by atoms with E-state index in [2.05, 4.69) is 0 Å². The summed E-state index contributed by atoms with van der Waals surface area (Å²) in [4.78, 5) is 37.1. The van der Waals surface area contributed by atoms with Gasteiger partial charge in [0.1, 0.15) is 0 Å². The first-order chi connectivity index (χ1) is 6.25. The molecule has 0 atom stereocenters. The fourth-order valence-corrected chi connectivity index (χ4v) is 0.236. The molecule has 0 radical (unpaired) electrons. The predicted octanol–water partition coefficient (Wildman–Crippen LogP) is -6.25. The van der Waals surface area contributed by atoms with E-state index in [0.717, 1.165) is 0 Å². The molecule has 0 aromatic rings. The summed E-state index contributed by atoms with van der Waals surface area (Å²) < 4.78 is 0. The second kappa shape index (κ2) is 10.8. The molecule has 0 unspecified atom stereocenters. The summed E-state index contributed by atoms with van der Waals surface area (Å²) in [5.41, 5.74) is 0. The van der Waals surface area contributed by atoms with Crippen LogP contribution in [0.4, 0.5) is 0 Å². The molecule has 0 aromatic carbocycles. The van der Waals surface area contributed by atoms with Crippen LogP contribution in [-0.2, 0) is 45.4 Å². The molecule has 0 fully saturated rings. The van der Waals surface area contributed by atoms with Gasteiger partial charge in [-0.25, -0.2) is 0 Å². The number of rotatable bonds is 4. The van der Waals surface area contributed by atoms with E-state index in [0.29, 0.717) is 0 Å². The van der Waals surface area contributed by atoms with Crippen LogP contribution in [0.1, 0.15) is 12.8 Å². The Bertz CT molecular complexity index is 198. The van der Waals surface area contributed by atoms with Gasteiger partial charge in [0.25, 0.3) is 0 Å². The average molecular weight is 295 g/mol. The summed E-state index contributed by atoms with van der Waals surface area (Å²) in [7, 11) is 0. The van der Waals surface area contributed by atoms with Crippen LogP contribution >= 0.6 is 0 Å². The molecule has 0 aliphatic heterocycles. The zero-order valence-electron chi connectivity index (χ0n) is 7.18. The molecule has 0 saturated heterocycles. The molecule has 0 amide bonds. The Hall–Kier alpha value is -1.24. The Morgan fingerprint density at radius 3 is 0.733 bits per heavy atom. The Morgan fingerprint density at radius 2 is 0.733 bits per heavy atom. The third-order valence-electron chi connectivity index (χ3n) is 0.577. The SMILES string of the molecule is O=C([O-])CC(=O)[O-].O=C([O-])CC(=O)[O-].[Zr+4]. The van der Waals surface area contributed by atoms with E-state index in [1.807, 2.05) is 0 Å². The maximum atomic E-state index is 9.28. The first kappa shape index (κ1) is 19.4. The van der Waals surface area contributed by atoms with Gasteiger partial charge >= 0.3 is 26.2 Å². The van der Waals surface area contributed by atoms with Crippen LogP contribution in [0.5, 0.6) is 0 Å². The number of carboxylic acid groups (broad SMARTS) is 4. The zero-order chi connectivity index (χ0) is 11.7. The number of carboxylic acids is 4. The van der Waals surface area contributed by atoms with E-state index in [-0.39, 0.29) is 26.2 Å². The van der Waals surface area contributed by atoms with Crippen LogP contribution in [0.2, 0.25) is 0 Å². The van der Waals surface area contributed by atoms with Gasteiger partial charge in [-0.1, -0.05) is 0 Å². The minimum atomic E-state index is -1.63. The topological polar surface area (TPSA) is 161 Å². The van der Waals surface area contributed by atoms with Crippen molar-refractivity contribution < 1.29 is 65.8 Å². The monoisotopic (exact) mass is 294 g/mol. The molecule has 0 aliphatic rings. The Morgan fingerprint density at radius 1 is 0.600 bits per heavy atom. The minimum Gasteiger partial charge on any atom is -0.550 e. The van der Waals surface area contributed by atoms with Crippen LogP contribution in [0, 0.1) is 0 Å². The minimum absolute atomic E-state index is 0. The van der Waals surface area contributed by atoms with Crippen LogP contribution in [0.25, 0.3) is 0 Å². The maximum Gasteiger partial charge on any atom is 4.00 e. The maximum absolute atomic E-state index is 9.28. The number of hydrogen-bond donors (Lipinski definition) is 0. The van der Waals surface area contributed by atoms with Gasteiger partial charge in [-0.2, -0.15) is 0 Å². The second-order valence-electron chi connectivity index (χ2n) is 1.84. The van der Waals surface area contributed by atoms with Crippen LogP contribution in [0.3, 0.4) is 0 Å². The zero-order valence-corrected chi connectivity index (χ0v) is 9.64. The van der Waals surface area contributed by atoms with Gasteiger partial charge in [-0.3, -0.25) is 0 Å². The Kier molecular flexibility index (Phi) is 14.0. The normalized spacial score (nSPS) is 7.47. The fourth-order valence-electron chi connectivity index (χ4n) is 0.236. The van der Waals surface area contributed by atoms with E-state index < -0.39 is 36.7 Å². The number of hydrogen-bond acceptors (Lipinski definition) is 8. The van der Waals surface area contributed by atoms with E-state index in [1.165, 1.54) is 0 Å². The van der Waals surface area contributed by atoms with Crippen molar-refractivity contribution in [3.05, 3.63) is 0 Å². The molecule has 0 rings (SSSR count). The Labute approximate surface area is 103 Å². The summed E-state index contributed by atoms with van der Waals surface area (Å²) in [5.74, 6) is -6.50. The first-order valence-corrected chi connectivity index (χ1v) is 3.05. The summed E-state index contributed by atoms with van der Waals surface area (Å²) >= 11 is 0. The molecule has 0 bridgehead atoms. The molecular weight excluding hydrogens is 291 g/mol. The number of carbonyl (C=O) groups is 4. The summed E-state index contributed by atoms with van der Waals surface area (Å²) in [6, 6.07) is 0. The number of carbonyl (C=O) groups excluding carboxylic acids is 4. The molecule has 15 heavy (non-hydrogen) atoms. The van der Waals surface area contributed by atoms with E-state index in [4.69, 9.17) is 0 Å². The molecule has 0 aromatic heterocycles. The second-order valence-corrected chi connectivity index (χ2v) is 1.84. The molecule has 8 nitrogen and oxygen atoms in total. The Balaban J connectivity index is -0.000000180. The van der Waals surface area contributed by atoms with Crippen LogP contribution < -0.4 is 20.4 Å². The predicted molar refractivity (Wildman–Crippen MR) is 29.3 cm³/mol. The van der Waals surface area contributed by atoms with Crippen molar-refractivity contribution in [2.24, 2.45) is 0 Å². The molecule has 0 N–H and O–H groups in total. The van der Waals surface area contributed by atoms with Gasteiger partial charge in [-0.05, 0) is 0 Å². The van der Waals surface area contributed by atoms with Gasteiger partial charge in [0, 0.05) is 36.7 Å². The third-order valence-corrected chi connectivity index (χ3v) is 0.577. The van der Waals surface area contributed by atoms with Crippen LogP contribution in [0.15, 0.2) is 0 Å². The van der Waals surface area contributed by atoms with Crippen molar-refractivity contribution in [2.45, 2.75) is 12.8 Å². The van der Waals surface area contributed by atoms with E-state index >= 15 is 0 Å². The van der Waals surface area contributed by atoms with E-state index in [9.17, 15) is 39.6 Å². The van der Waals surface area contributed by atoms with Gasteiger partial charge in [0.2, 0.25) is 0 Å². The van der Waals surface area contributed by atoms with Gasteiger partial charge in [0.15, 0.2) is 0 Å². The van der Waals surface area contributed by atoms with Crippen molar-refractivity contribution in [3.8, 4) is 0 Å². The van der Waals surface area contributed by atoms with Crippen molar-refractivity contribution in [1.82, 2.24) is 0 Å². The van der Waals surface area contributed by atoms with Crippen molar-refractivity contribution in [1.29, 1.82) is 0 Å².